The highest BCUT2D eigenvalue weighted by atomic mass is 16.5. The molecule has 1 aromatic rings. The van der Waals surface area contributed by atoms with Gasteiger partial charge in [-0.3, -0.25) is 14.7 Å². The first-order chi connectivity index (χ1) is 10.8. The first-order valence-corrected chi connectivity index (χ1v) is 8.25. The van der Waals surface area contributed by atoms with Gasteiger partial charge in [-0.25, -0.2) is 0 Å². The van der Waals surface area contributed by atoms with Gasteiger partial charge in [-0.2, -0.15) is 0 Å². The largest absolute Gasteiger partial charge is 0.368 e. The zero-order valence-corrected chi connectivity index (χ0v) is 13.2. The van der Waals surface area contributed by atoms with Crippen molar-refractivity contribution in [3.63, 3.8) is 0 Å². The van der Waals surface area contributed by atoms with E-state index in [4.69, 9.17) is 4.74 Å². The third kappa shape index (κ3) is 3.47. The first-order valence-electron chi connectivity index (χ1n) is 8.25. The number of carbonyl (C=O) groups is 1. The van der Waals surface area contributed by atoms with Gasteiger partial charge in [0.1, 0.15) is 6.10 Å². The van der Waals surface area contributed by atoms with E-state index in [0.29, 0.717) is 25.1 Å². The van der Waals surface area contributed by atoms with E-state index in [9.17, 15) is 4.79 Å². The number of nitrogens with zero attached hydrogens (tertiary/aromatic N) is 2. The molecule has 0 saturated carbocycles. The summed E-state index contributed by atoms with van der Waals surface area (Å²) in [7, 11) is 2.14. The van der Waals surface area contributed by atoms with Crippen LogP contribution >= 0.6 is 0 Å². The Morgan fingerprint density at radius 2 is 2.36 bits per heavy atom. The molecule has 3 atom stereocenters. The highest BCUT2D eigenvalue weighted by molar-refractivity contribution is 5.80. The van der Waals surface area contributed by atoms with Crippen LogP contribution < -0.4 is 5.32 Å². The minimum Gasteiger partial charge on any atom is -0.368 e. The maximum atomic E-state index is 12.2. The van der Waals surface area contributed by atoms with E-state index in [-0.39, 0.29) is 12.0 Å². The SMILES string of the molecule is CN1CC[C@@H](CNC(=O)C2CCCCO2)[C@@H]1c1cccnc1. The molecule has 1 N–H and O–H groups in total. The number of likely N-dealkylation sites (tertiary alicyclic amines) is 1. The number of hydrogen-bond donors (Lipinski definition) is 1. The molecule has 0 bridgehead atoms. The van der Waals surface area contributed by atoms with Gasteiger partial charge in [-0.1, -0.05) is 6.07 Å². The van der Waals surface area contributed by atoms with Gasteiger partial charge in [0.05, 0.1) is 0 Å². The molecule has 3 heterocycles. The lowest BCUT2D eigenvalue weighted by Crippen LogP contribution is -2.41. The van der Waals surface area contributed by atoms with Gasteiger partial charge in [0, 0.05) is 31.6 Å². The Kier molecular flexibility index (Phi) is 5.05. The molecular weight excluding hydrogens is 278 g/mol. The minimum absolute atomic E-state index is 0.0548. The number of ether oxygens (including phenoxy) is 1. The van der Waals surface area contributed by atoms with Crippen LogP contribution in [0.5, 0.6) is 0 Å². The topological polar surface area (TPSA) is 54.5 Å². The van der Waals surface area contributed by atoms with Crippen molar-refractivity contribution >= 4 is 5.91 Å². The first kappa shape index (κ1) is 15.4. The number of pyridine rings is 1. The summed E-state index contributed by atoms with van der Waals surface area (Å²) < 4.78 is 5.56. The molecule has 1 unspecified atom stereocenters. The van der Waals surface area contributed by atoms with E-state index >= 15 is 0 Å². The van der Waals surface area contributed by atoms with Crippen LogP contribution in [-0.2, 0) is 9.53 Å². The second kappa shape index (κ2) is 7.20. The Morgan fingerprint density at radius 3 is 3.09 bits per heavy atom. The molecule has 0 spiro atoms. The summed E-state index contributed by atoms with van der Waals surface area (Å²) in [6, 6.07) is 4.44. The normalized spacial score (nSPS) is 29.4. The average molecular weight is 303 g/mol. The Morgan fingerprint density at radius 1 is 1.45 bits per heavy atom. The molecule has 1 amide bonds. The highest BCUT2D eigenvalue weighted by Gasteiger charge is 2.33. The van der Waals surface area contributed by atoms with Crippen molar-refractivity contribution in [3.8, 4) is 0 Å². The van der Waals surface area contributed by atoms with E-state index in [1.54, 1.807) is 6.20 Å². The van der Waals surface area contributed by atoms with Gasteiger partial charge in [0.15, 0.2) is 0 Å². The van der Waals surface area contributed by atoms with Gasteiger partial charge in [0.25, 0.3) is 0 Å². The Labute approximate surface area is 132 Å². The number of hydrogen-bond acceptors (Lipinski definition) is 4. The molecule has 0 aromatic carbocycles. The molecule has 2 fully saturated rings. The van der Waals surface area contributed by atoms with Gasteiger partial charge >= 0.3 is 0 Å². The molecule has 5 heteroatoms. The monoisotopic (exact) mass is 303 g/mol. The Balaban J connectivity index is 1.58. The third-order valence-corrected chi connectivity index (χ3v) is 4.81. The van der Waals surface area contributed by atoms with Gasteiger partial charge in [-0.05, 0) is 56.8 Å². The Hall–Kier alpha value is -1.46. The molecule has 0 aliphatic carbocycles. The summed E-state index contributed by atoms with van der Waals surface area (Å²) in [6.45, 7) is 2.48. The van der Waals surface area contributed by atoms with E-state index < -0.39 is 0 Å². The lowest BCUT2D eigenvalue weighted by Gasteiger charge is -2.27. The fourth-order valence-electron chi connectivity index (χ4n) is 3.61. The van der Waals surface area contributed by atoms with Crippen LogP contribution in [0.25, 0.3) is 0 Å². The summed E-state index contributed by atoms with van der Waals surface area (Å²) in [5.74, 6) is 0.487. The summed E-state index contributed by atoms with van der Waals surface area (Å²) in [5.41, 5.74) is 1.23. The van der Waals surface area contributed by atoms with Crippen molar-refractivity contribution in [3.05, 3.63) is 30.1 Å². The van der Waals surface area contributed by atoms with Crippen LogP contribution in [0, 0.1) is 5.92 Å². The number of nitrogens with one attached hydrogen (secondary N) is 1. The molecule has 2 aliphatic rings. The van der Waals surface area contributed by atoms with Crippen molar-refractivity contribution in [2.45, 2.75) is 37.8 Å². The van der Waals surface area contributed by atoms with Crippen LogP contribution in [0.2, 0.25) is 0 Å². The smallest absolute Gasteiger partial charge is 0.249 e. The maximum absolute atomic E-state index is 12.2. The molecule has 0 radical (unpaired) electrons. The molecule has 2 saturated heterocycles. The number of amides is 1. The number of carbonyl (C=O) groups excluding carboxylic acids is 1. The standard InChI is InChI=1S/C17H25N3O2/c1-20-9-7-14(16(20)13-5-4-8-18-11-13)12-19-17(21)15-6-2-3-10-22-15/h4-5,8,11,14-16H,2-3,6-7,9-10,12H2,1H3,(H,19,21)/t14-,15?,16-/m0/s1. The Bertz CT molecular complexity index is 488. The lowest BCUT2D eigenvalue weighted by atomic mass is 9.94. The molecule has 5 nitrogen and oxygen atoms in total. The van der Waals surface area contributed by atoms with Crippen molar-refractivity contribution in [1.29, 1.82) is 0 Å². The third-order valence-electron chi connectivity index (χ3n) is 4.81. The quantitative estimate of drug-likeness (QED) is 0.921. The van der Waals surface area contributed by atoms with E-state index in [1.807, 2.05) is 12.3 Å². The minimum atomic E-state index is -0.246. The average Bonchev–Trinajstić information content (AvgIpc) is 2.95. The number of rotatable bonds is 4. The molecule has 120 valence electrons. The lowest BCUT2D eigenvalue weighted by molar-refractivity contribution is -0.135. The van der Waals surface area contributed by atoms with Gasteiger partial charge < -0.3 is 10.1 Å². The summed E-state index contributed by atoms with van der Waals surface area (Å²) in [5, 5.41) is 3.10. The zero-order chi connectivity index (χ0) is 15.4. The van der Waals surface area contributed by atoms with Crippen LogP contribution in [0.15, 0.2) is 24.5 Å². The van der Waals surface area contributed by atoms with Crippen molar-refractivity contribution in [1.82, 2.24) is 15.2 Å². The van der Waals surface area contributed by atoms with E-state index in [0.717, 1.165) is 32.2 Å². The van der Waals surface area contributed by atoms with Crippen molar-refractivity contribution < 1.29 is 9.53 Å². The van der Waals surface area contributed by atoms with E-state index in [2.05, 4.69) is 28.3 Å². The van der Waals surface area contributed by atoms with Crippen LogP contribution in [0.4, 0.5) is 0 Å². The highest BCUT2D eigenvalue weighted by Crippen LogP contribution is 2.35. The molecule has 1 aromatic heterocycles. The predicted molar refractivity (Wildman–Crippen MR) is 84.3 cm³/mol. The van der Waals surface area contributed by atoms with Crippen molar-refractivity contribution in [2.24, 2.45) is 5.92 Å². The second-order valence-corrected chi connectivity index (χ2v) is 6.36. The molecule has 22 heavy (non-hydrogen) atoms. The summed E-state index contributed by atoms with van der Waals surface area (Å²) in [6.07, 6.45) is 7.60. The fraction of sp³-hybridized carbons (Fsp3) is 0.647. The molecule has 3 rings (SSSR count). The molecular formula is C17H25N3O2. The van der Waals surface area contributed by atoms with Crippen molar-refractivity contribution in [2.75, 3.05) is 26.7 Å². The second-order valence-electron chi connectivity index (χ2n) is 6.36. The molecule has 2 aliphatic heterocycles. The predicted octanol–water partition coefficient (Wildman–Crippen LogP) is 1.76. The zero-order valence-electron chi connectivity index (χ0n) is 13.2. The summed E-state index contributed by atoms with van der Waals surface area (Å²) in [4.78, 5) is 18.8. The van der Waals surface area contributed by atoms with Gasteiger partial charge in [0.2, 0.25) is 5.91 Å². The van der Waals surface area contributed by atoms with E-state index in [1.165, 1.54) is 5.56 Å². The van der Waals surface area contributed by atoms with Crippen LogP contribution in [-0.4, -0.2) is 48.6 Å². The van der Waals surface area contributed by atoms with Crippen LogP contribution in [0.3, 0.4) is 0 Å². The van der Waals surface area contributed by atoms with Crippen LogP contribution in [0.1, 0.15) is 37.3 Å². The summed E-state index contributed by atoms with van der Waals surface area (Å²) >= 11 is 0. The van der Waals surface area contributed by atoms with Gasteiger partial charge in [-0.15, -0.1) is 0 Å². The number of aromatic nitrogens is 1. The fourth-order valence-corrected chi connectivity index (χ4v) is 3.61. The maximum Gasteiger partial charge on any atom is 0.249 e.